The highest BCUT2D eigenvalue weighted by atomic mass is 32.1. The molecule has 0 unspecified atom stereocenters. The van der Waals surface area contributed by atoms with E-state index in [-0.39, 0.29) is 5.91 Å². The van der Waals surface area contributed by atoms with E-state index < -0.39 is 0 Å². The topological polar surface area (TPSA) is 33.2 Å². The summed E-state index contributed by atoms with van der Waals surface area (Å²) < 4.78 is 0. The maximum absolute atomic E-state index is 12.8. The molecule has 4 heteroatoms. The first-order chi connectivity index (χ1) is 12.1. The highest BCUT2D eigenvalue weighted by molar-refractivity contribution is 7.13. The van der Waals surface area contributed by atoms with E-state index in [1.165, 1.54) is 5.56 Å². The van der Waals surface area contributed by atoms with Gasteiger partial charge in [0.05, 0.1) is 12.1 Å². The van der Waals surface area contributed by atoms with Crippen molar-refractivity contribution in [1.29, 1.82) is 0 Å². The lowest BCUT2D eigenvalue weighted by molar-refractivity contribution is -0.118. The minimum absolute atomic E-state index is 0.0827. The molecule has 0 bridgehead atoms. The lowest BCUT2D eigenvalue weighted by Gasteiger charge is -2.23. The van der Waals surface area contributed by atoms with Gasteiger partial charge in [0.15, 0.2) is 0 Å². The van der Waals surface area contributed by atoms with Crippen LogP contribution < -0.4 is 4.90 Å². The molecule has 0 aliphatic heterocycles. The van der Waals surface area contributed by atoms with Gasteiger partial charge < -0.3 is 4.90 Å². The Morgan fingerprint density at radius 3 is 2.56 bits per heavy atom. The Morgan fingerprint density at radius 2 is 1.88 bits per heavy atom. The zero-order valence-corrected chi connectivity index (χ0v) is 15.6. The lowest BCUT2D eigenvalue weighted by atomic mass is 10.1. The number of thiazole rings is 1. The van der Waals surface area contributed by atoms with Crippen LogP contribution in [0.4, 0.5) is 5.69 Å². The van der Waals surface area contributed by atoms with Gasteiger partial charge in [-0.15, -0.1) is 11.3 Å². The van der Waals surface area contributed by atoms with Gasteiger partial charge in [-0.25, -0.2) is 4.98 Å². The molecule has 1 amide bonds. The van der Waals surface area contributed by atoms with E-state index in [2.05, 4.69) is 31.0 Å². The molecule has 0 N–H and O–H groups in total. The smallest absolute Gasteiger partial charge is 0.233 e. The summed E-state index contributed by atoms with van der Waals surface area (Å²) in [5, 5.41) is 2.94. The van der Waals surface area contributed by atoms with Crippen molar-refractivity contribution in [1.82, 2.24) is 4.98 Å². The first kappa shape index (κ1) is 17.4. The van der Waals surface area contributed by atoms with Crippen LogP contribution in [-0.4, -0.2) is 17.4 Å². The van der Waals surface area contributed by atoms with E-state index in [9.17, 15) is 4.79 Å². The zero-order chi connectivity index (χ0) is 17.8. The number of nitrogens with zero attached hydrogens (tertiary/aromatic N) is 2. The third kappa shape index (κ3) is 3.97. The standard InChI is InChI=1S/C21H22N2OS/c1-4-23(19-11-10-15(2)12-16(19)3)20(24)13-18-14-25-21(22-18)17-8-6-5-7-9-17/h5-12,14H,4,13H2,1-3H3. The van der Waals surface area contributed by atoms with E-state index in [0.717, 1.165) is 27.5 Å². The molecule has 0 aliphatic carbocycles. The quantitative estimate of drug-likeness (QED) is 0.647. The monoisotopic (exact) mass is 350 g/mol. The number of aryl methyl sites for hydroxylation is 2. The van der Waals surface area contributed by atoms with E-state index >= 15 is 0 Å². The normalized spacial score (nSPS) is 10.7. The molecule has 0 atom stereocenters. The number of carbonyl (C=O) groups excluding carboxylic acids is 1. The van der Waals surface area contributed by atoms with Crippen LogP contribution in [0.3, 0.4) is 0 Å². The molecular weight excluding hydrogens is 328 g/mol. The predicted molar refractivity (Wildman–Crippen MR) is 105 cm³/mol. The van der Waals surface area contributed by atoms with Crippen molar-refractivity contribution in [2.45, 2.75) is 27.2 Å². The minimum atomic E-state index is 0.0827. The summed E-state index contributed by atoms with van der Waals surface area (Å²) in [6.45, 7) is 6.77. The molecule has 3 rings (SSSR count). The Kier molecular flexibility index (Phi) is 5.29. The van der Waals surface area contributed by atoms with Gasteiger partial charge in [0.2, 0.25) is 5.91 Å². The number of rotatable bonds is 5. The molecule has 0 fully saturated rings. The Morgan fingerprint density at radius 1 is 1.12 bits per heavy atom. The number of amides is 1. The van der Waals surface area contributed by atoms with Crippen molar-refractivity contribution in [2.75, 3.05) is 11.4 Å². The summed E-state index contributed by atoms with van der Waals surface area (Å²) in [6, 6.07) is 16.3. The maximum Gasteiger partial charge on any atom is 0.233 e. The predicted octanol–water partition coefficient (Wildman–Crippen LogP) is 5.02. The van der Waals surface area contributed by atoms with E-state index in [1.54, 1.807) is 11.3 Å². The number of anilines is 1. The molecule has 1 heterocycles. The third-order valence-electron chi connectivity index (χ3n) is 4.17. The van der Waals surface area contributed by atoms with Crippen molar-refractivity contribution >= 4 is 22.9 Å². The molecule has 1 aromatic heterocycles. The Hall–Kier alpha value is -2.46. The molecule has 0 radical (unpaired) electrons. The van der Waals surface area contributed by atoms with Gasteiger partial charge in [0.25, 0.3) is 0 Å². The number of hydrogen-bond donors (Lipinski definition) is 0. The van der Waals surface area contributed by atoms with Crippen molar-refractivity contribution in [3.05, 3.63) is 70.7 Å². The van der Waals surface area contributed by atoms with Gasteiger partial charge >= 0.3 is 0 Å². The van der Waals surface area contributed by atoms with Crippen LogP contribution in [0.1, 0.15) is 23.7 Å². The van der Waals surface area contributed by atoms with Crippen molar-refractivity contribution < 1.29 is 4.79 Å². The molecule has 0 saturated carbocycles. The van der Waals surface area contributed by atoms with E-state index in [0.29, 0.717) is 13.0 Å². The summed E-state index contributed by atoms with van der Waals surface area (Å²) >= 11 is 1.58. The fourth-order valence-electron chi connectivity index (χ4n) is 2.94. The molecule has 0 saturated heterocycles. The first-order valence-corrected chi connectivity index (χ1v) is 9.34. The van der Waals surface area contributed by atoms with Gasteiger partial charge in [-0.1, -0.05) is 48.0 Å². The summed E-state index contributed by atoms with van der Waals surface area (Å²) in [5.41, 5.74) is 5.23. The molecule has 2 aromatic carbocycles. The Bertz CT molecular complexity index is 871. The Balaban J connectivity index is 1.78. The molecule has 128 valence electrons. The largest absolute Gasteiger partial charge is 0.312 e. The third-order valence-corrected chi connectivity index (χ3v) is 5.11. The Labute approximate surface area is 153 Å². The van der Waals surface area contributed by atoms with Crippen molar-refractivity contribution in [3.8, 4) is 10.6 Å². The van der Waals surface area contributed by atoms with Crippen LogP contribution in [0.15, 0.2) is 53.9 Å². The molecule has 0 aliphatic rings. The van der Waals surface area contributed by atoms with Crippen LogP contribution in [0.2, 0.25) is 0 Å². The molecule has 25 heavy (non-hydrogen) atoms. The van der Waals surface area contributed by atoms with Gasteiger partial charge in [0.1, 0.15) is 5.01 Å². The average molecular weight is 350 g/mol. The highest BCUT2D eigenvalue weighted by Crippen LogP contribution is 2.25. The summed E-state index contributed by atoms with van der Waals surface area (Å²) in [6.07, 6.45) is 0.324. The van der Waals surface area contributed by atoms with E-state index in [4.69, 9.17) is 0 Å². The van der Waals surface area contributed by atoms with Crippen LogP contribution in [-0.2, 0) is 11.2 Å². The molecular formula is C21H22N2OS. The van der Waals surface area contributed by atoms with Crippen molar-refractivity contribution in [3.63, 3.8) is 0 Å². The zero-order valence-electron chi connectivity index (χ0n) is 14.8. The lowest BCUT2D eigenvalue weighted by Crippen LogP contribution is -2.32. The molecule has 3 nitrogen and oxygen atoms in total. The van der Waals surface area contributed by atoms with Crippen molar-refractivity contribution in [2.24, 2.45) is 0 Å². The van der Waals surface area contributed by atoms with Crippen LogP contribution in [0.25, 0.3) is 10.6 Å². The van der Waals surface area contributed by atoms with Gasteiger partial charge in [-0.2, -0.15) is 0 Å². The van der Waals surface area contributed by atoms with Gasteiger partial charge in [0, 0.05) is 23.2 Å². The van der Waals surface area contributed by atoms with Gasteiger partial charge in [-0.05, 0) is 32.4 Å². The number of carbonyl (C=O) groups is 1. The number of aromatic nitrogens is 1. The molecule has 0 spiro atoms. The van der Waals surface area contributed by atoms with Crippen LogP contribution in [0.5, 0.6) is 0 Å². The van der Waals surface area contributed by atoms with Crippen LogP contribution in [0, 0.1) is 13.8 Å². The molecule has 3 aromatic rings. The number of hydrogen-bond acceptors (Lipinski definition) is 3. The summed E-state index contributed by atoms with van der Waals surface area (Å²) in [7, 11) is 0. The maximum atomic E-state index is 12.8. The van der Waals surface area contributed by atoms with Gasteiger partial charge in [-0.3, -0.25) is 4.79 Å². The first-order valence-electron chi connectivity index (χ1n) is 8.46. The summed E-state index contributed by atoms with van der Waals surface area (Å²) in [5.74, 6) is 0.0827. The second kappa shape index (κ2) is 7.62. The van der Waals surface area contributed by atoms with Crippen LogP contribution >= 0.6 is 11.3 Å². The number of benzene rings is 2. The second-order valence-corrected chi connectivity index (χ2v) is 6.97. The minimum Gasteiger partial charge on any atom is -0.312 e. The summed E-state index contributed by atoms with van der Waals surface area (Å²) in [4.78, 5) is 19.3. The SMILES string of the molecule is CCN(C(=O)Cc1csc(-c2ccccc2)n1)c1ccc(C)cc1C. The fraction of sp³-hybridized carbons (Fsp3) is 0.238. The second-order valence-electron chi connectivity index (χ2n) is 6.11. The number of likely N-dealkylation sites (N-methyl/N-ethyl adjacent to an activating group) is 1. The van der Waals surface area contributed by atoms with E-state index in [1.807, 2.05) is 53.6 Å². The fourth-order valence-corrected chi connectivity index (χ4v) is 3.77. The highest BCUT2D eigenvalue weighted by Gasteiger charge is 2.18. The average Bonchev–Trinajstić information content (AvgIpc) is 3.06.